The van der Waals surface area contributed by atoms with Crippen LogP contribution in [0.5, 0.6) is 0 Å². The zero-order chi connectivity index (χ0) is 13.1. The van der Waals surface area contributed by atoms with Crippen LogP contribution < -0.4 is 5.32 Å². The molecule has 2 nitrogen and oxygen atoms in total. The summed E-state index contributed by atoms with van der Waals surface area (Å²) in [7, 11) is 0. The summed E-state index contributed by atoms with van der Waals surface area (Å²) in [4.78, 5) is 4.60. The van der Waals surface area contributed by atoms with Gasteiger partial charge >= 0.3 is 0 Å². The van der Waals surface area contributed by atoms with Gasteiger partial charge in [0.2, 0.25) is 0 Å². The second-order valence-corrected chi connectivity index (χ2v) is 5.55. The lowest BCUT2D eigenvalue weighted by molar-refractivity contribution is 0.573. The third-order valence-corrected chi connectivity index (χ3v) is 3.85. The van der Waals surface area contributed by atoms with Crippen LogP contribution in [0.25, 0.3) is 0 Å². The highest BCUT2D eigenvalue weighted by atomic mass is 79.9. The summed E-state index contributed by atoms with van der Waals surface area (Å²) >= 11 is 3.46. The molecule has 0 bridgehead atoms. The van der Waals surface area contributed by atoms with Crippen molar-refractivity contribution in [3.05, 3.63) is 70.2 Å². The molecular formula is C16H15BrN2. The smallest absolute Gasteiger partial charge is 0.128 e. The average Bonchev–Trinajstić information content (AvgIpc) is 2.49. The number of benzene rings is 2. The van der Waals surface area contributed by atoms with Gasteiger partial charge in [-0.05, 0) is 24.1 Å². The van der Waals surface area contributed by atoms with Gasteiger partial charge in [-0.25, -0.2) is 0 Å². The van der Waals surface area contributed by atoms with Crippen molar-refractivity contribution in [2.24, 2.45) is 4.99 Å². The van der Waals surface area contributed by atoms with Crippen LogP contribution in [0.15, 0.2) is 64.1 Å². The SMILES string of the molecule is Brc1ccc(C2=NCCC(c3ccccc3)N2)cc1. The summed E-state index contributed by atoms with van der Waals surface area (Å²) < 4.78 is 1.09. The number of hydrogen-bond acceptors (Lipinski definition) is 2. The van der Waals surface area contributed by atoms with Crippen molar-refractivity contribution in [2.45, 2.75) is 12.5 Å². The first-order valence-corrected chi connectivity index (χ1v) is 7.24. The Kier molecular flexibility index (Phi) is 3.65. The Morgan fingerprint density at radius 3 is 2.47 bits per heavy atom. The molecule has 1 N–H and O–H groups in total. The Morgan fingerprint density at radius 2 is 1.74 bits per heavy atom. The summed E-state index contributed by atoms with van der Waals surface area (Å²) in [6, 6.07) is 19.2. The molecule has 3 rings (SSSR count). The number of rotatable bonds is 2. The van der Waals surface area contributed by atoms with Crippen LogP contribution in [0.2, 0.25) is 0 Å². The van der Waals surface area contributed by atoms with Crippen molar-refractivity contribution in [3.63, 3.8) is 0 Å². The maximum atomic E-state index is 4.60. The van der Waals surface area contributed by atoms with Crippen molar-refractivity contribution < 1.29 is 0 Å². The zero-order valence-electron chi connectivity index (χ0n) is 10.5. The Bertz CT molecular complexity index is 575. The molecule has 0 aromatic heterocycles. The third-order valence-electron chi connectivity index (χ3n) is 3.32. The minimum Gasteiger partial charge on any atom is -0.363 e. The van der Waals surface area contributed by atoms with Crippen LogP contribution in [0, 0.1) is 0 Å². The molecule has 19 heavy (non-hydrogen) atoms. The minimum absolute atomic E-state index is 0.359. The number of hydrogen-bond donors (Lipinski definition) is 1. The predicted molar refractivity (Wildman–Crippen MR) is 82.5 cm³/mol. The molecule has 1 unspecified atom stereocenters. The van der Waals surface area contributed by atoms with Crippen molar-refractivity contribution in [3.8, 4) is 0 Å². The molecule has 1 heterocycles. The van der Waals surface area contributed by atoms with E-state index in [2.05, 4.69) is 68.7 Å². The fourth-order valence-corrected chi connectivity index (χ4v) is 2.57. The van der Waals surface area contributed by atoms with Crippen LogP contribution in [-0.4, -0.2) is 12.4 Å². The van der Waals surface area contributed by atoms with Crippen molar-refractivity contribution in [1.29, 1.82) is 0 Å². The van der Waals surface area contributed by atoms with E-state index in [9.17, 15) is 0 Å². The summed E-state index contributed by atoms with van der Waals surface area (Å²) in [6.45, 7) is 0.873. The van der Waals surface area contributed by atoms with Crippen LogP contribution in [0.1, 0.15) is 23.6 Å². The second kappa shape index (κ2) is 5.57. The topological polar surface area (TPSA) is 24.4 Å². The summed E-state index contributed by atoms with van der Waals surface area (Å²) in [6.07, 6.45) is 1.05. The summed E-state index contributed by atoms with van der Waals surface area (Å²) in [5.74, 6) is 0.993. The van der Waals surface area contributed by atoms with Crippen LogP contribution in [0.4, 0.5) is 0 Å². The fraction of sp³-hybridized carbons (Fsp3) is 0.188. The molecule has 1 aliphatic heterocycles. The number of aliphatic imine (C=N–C) groups is 1. The number of halogens is 1. The summed E-state index contributed by atoms with van der Waals surface area (Å²) in [5.41, 5.74) is 2.47. The van der Waals surface area contributed by atoms with E-state index in [0.29, 0.717) is 6.04 Å². The highest BCUT2D eigenvalue weighted by Crippen LogP contribution is 2.21. The molecule has 0 saturated heterocycles. The molecule has 0 aliphatic carbocycles. The molecule has 2 aromatic carbocycles. The lowest BCUT2D eigenvalue weighted by Gasteiger charge is -2.25. The molecular weight excluding hydrogens is 300 g/mol. The van der Waals surface area contributed by atoms with E-state index in [1.54, 1.807) is 0 Å². The second-order valence-electron chi connectivity index (χ2n) is 4.63. The Labute approximate surface area is 121 Å². The maximum absolute atomic E-state index is 4.60. The lowest BCUT2D eigenvalue weighted by Crippen LogP contribution is -2.33. The first-order chi connectivity index (χ1) is 9.33. The van der Waals surface area contributed by atoms with Crippen LogP contribution >= 0.6 is 15.9 Å². The van der Waals surface area contributed by atoms with Crippen molar-refractivity contribution in [1.82, 2.24) is 5.32 Å². The lowest BCUT2D eigenvalue weighted by atomic mass is 10.0. The Balaban J connectivity index is 1.82. The minimum atomic E-state index is 0.359. The average molecular weight is 315 g/mol. The standard InChI is InChI=1S/C16H15BrN2/c17-14-8-6-13(7-9-14)16-18-11-10-15(19-16)12-4-2-1-3-5-12/h1-9,15H,10-11H2,(H,18,19). The first-order valence-electron chi connectivity index (χ1n) is 6.45. The molecule has 0 amide bonds. The van der Waals surface area contributed by atoms with Crippen LogP contribution in [-0.2, 0) is 0 Å². The highest BCUT2D eigenvalue weighted by molar-refractivity contribution is 9.10. The van der Waals surface area contributed by atoms with Gasteiger partial charge < -0.3 is 5.32 Å². The molecule has 0 fully saturated rings. The molecule has 1 aliphatic rings. The van der Waals surface area contributed by atoms with E-state index in [-0.39, 0.29) is 0 Å². The van der Waals surface area contributed by atoms with E-state index >= 15 is 0 Å². The van der Waals surface area contributed by atoms with Gasteiger partial charge in [0.15, 0.2) is 0 Å². The highest BCUT2D eigenvalue weighted by Gasteiger charge is 2.17. The van der Waals surface area contributed by atoms with Gasteiger partial charge in [-0.15, -0.1) is 0 Å². The normalized spacial score (nSPS) is 18.6. The molecule has 0 radical (unpaired) electrons. The van der Waals surface area contributed by atoms with Gasteiger partial charge in [0.05, 0.1) is 6.04 Å². The largest absolute Gasteiger partial charge is 0.363 e. The quantitative estimate of drug-likeness (QED) is 0.892. The summed E-state index contributed by atoms with van der Waals surface area (Å²) in [5, 5.41) is 3.54. The van der Waals surface area contributed by atoms with Gasteiger partial charge in [-0.3, -0.25) is 4.99 Å². The first kappa shape index (κ1) is 12.4. The van der Waals surface area contributed by atoms with E-state index < -0.39 is 0 Å². The Morgan fingerprint density at radius 1 is 1.00 bits per heavy atom. The molecule has 96 valence electrons. The number of amidine groups is 1. The van der Waals surface area contributed by atoms with Gasteiger partial charge in [0.1, 0.15) is 5.84 Å². The van der Waals surface area contributed by atoms with E-state index in [1.807, 2.05) is 12.1 Å². The van der Waals surface area contributed by atoms with Crippen molar-refractivity contribution in [2.75, 3.05) is 6.54 Å². The fourth-order valence-electron chi connectivity index (χ4n) is 2.31. The van der Waals surface area contributed by atoms with E-state index in [4.69, 9.17) is 0 Å². The van der Waals surface area contributed by atoms with Gasteiger partial charge in [0.25, 0.3) is 0 Å². The molecule has 3 heteroatoms. The monoisotopic (exact) mass is 314 g/mol. The third kappa shape index (κ3) is 2.87. The van der Waals surface area contributed by atoms with E-state index in [0.717, 1.165) is 28.8 Å². The predicted octanol–water partition coefficient (Wildman–Crippen LogP) is 3.93. The molecule has 0 saturated carbocycles. The number of nitrogens with one attached hydrogen (secondary N) is 1. The zero-order valence-corrected chi connectivity index (χ0v) is 12.1. The van der Waals surface area contributed by atoms with Crippen molar-refractivity contribution >= 4 is 21.8 Å². The molecule has 1 atom stereocenters. The van der Waals surface area contributed by atoms with Gasteiger partial charge in [-0.2, -0.15) is 0 Å². The van der Waals surface area contributed by atoms with Gasteiger partial charge in [0, 0.05) is 16.6 Å². The number of nitrogens with zero attached hydrogens (tertiary/aromatic N) is 1. The van der Waals surface area contributed by atoms with E-state index in [1.165, 1.54) is 5.56 Å². The van der Waals surface area contributed by atoms with Gasteiger partial charge in [-0.1, -0.05) is 58.4 Å². The van der Waals surface area contributed by atoms with Crippen LogP contribution in [0.3, 0.4) is 0 Å². The molecule has 0 spiro atoms. The molecule has 2 aromatic rings. The Hall–Kier alpha value is -1.61. The maximum Gasteiger partial charge on any atom is 0.128 e.